The minimum Gasteiger partial charge on any atom is -0.493 e. The van der Waals surface area contributed by atoms with Gasteiger partial charge in [-0.3, -0.25) is 0 Å². The van der Waals surface area contributed by atoms with Crippen LogP contribution in [0.15, 0.2) is 36.4 Å². The molecule has 0 bridgehead atoms. The number of benzene rings is 2. The van der Waals surface area contributed by atoms with Gasteiger partial charge in [-0.25, -0.2) is 0 Å². The normalized spacial score (nSPS) is 9.91. The maximum atomic E-state index is 5.55. The van der Waals surface area contributed by atoms with Crippen molar-refractivity contribution in [3.8, 4) is 23.8 Å². The van der Waals surface area contributed by atoms with E-state index in [0.29, 0.717) is 18.0 Å². The van der Waals surface area contributed by atoms with Crippen molar-refractivity contribution in [3.05, 3.63) is 51.1 Å². The van der Waals surface area contributed by atoms with Crippen LogP contribution in [-0.2, 0) is 6.54 Å². The summed E-state index contributed by atoms with van der Waals surface area (Å²) in [4.78, 5) is 0. The highest BCUT2D eigenvalue weighted by Gasteiger charge is 2.11. The fraction of sp³-hybridized carbons (Fsp3) is 0.222. The number of rotatable bonds is 6. The number of halogens is 1. The summed E-state index contributed by atoms with van der Waals surface area (Å²) < 4.78 is 11.9. The number of nitrogens with one attached hydrogen (secondary N) is 1. The van der Waals surface area contributed by atoms with E-state index in [1.165, 1.54) is 5.56 Å². The van der Waals surface area contributed by atoms with Gasteiger partial charge in [0.25, 0.3) is 0 Å². The molecule has 0 aliphatic rings. The van der Waals surface area contributed by atoms with Crippen molar-refractivity contribution < 1.29 is 9.47 Å². The molecule has 0 aliphatic heterocycles. The Morgan fingerprint density at radius 1 is 1.27 bits per heavy atom. The summed E-state index contributed by atoms with van der Waals surface area (Å²) >= 11 is 2.23. The minimum atomic E-state index is 0.229. The first-order valence-electron chi connectivity index (χ1n) is 6.87. The Labute approximate surface area is 145 Å². The van der Waals surface area contributed by atoms with Gasteiger partial charge in [-0.1, -0.05) is 18.1 Å². The van der Waals surface area contributed by atoms with Gasteiger partial charge in [-0.15, -0.1) is 6.42 Å². The van der Waals surface area contributed by atoms with Gasteiger partial charge < -0.3 is 14.8 Å². The molecular formula is C18H18INO2. The smallest absolute Gasteiger partial charge is 0.175 e. The highest BCUT2D eigenvalue weighted by atomic mass is 127. The second-order valence-electron chi connectivity index (χ2n) is 4.82. The quantitative estimate of drug-likeness (QED) is 0.574. The van der Waals surface area contributed by atoms with E-state index in [0.717, 1.165) is 14.8 Å². The van der Waals surface area contributed by atoms with Crippen LogP contribution in [0.1, 0.15) is 11.1 Å². The first-order chi connectivity index (χ1) is 10.6. The third-order valence-electron chi connectivity index (χ3n) is 3.10. The van der Waals surface area contributed by atoms with Crippen molar-refractivity contribution in [2.24, 2.45) is 0 Å². The van der Waals surface area contributed by atoms with Crippen molar-refractivity contribution in [1.29, 1.82) is 0 Å². The third kappa shape index (κ3) is 4.31. The molecule has 0 atom stereocenters. The van der Waals surface area contributed by atoms with Crippen LogP contribution in [-0.4, -0.2) is 13.7 Å². The zero-order valence-electron chi connectivity index (χ0n) is 12.7. The van der Waals surface area contributed by atoms with Crippen LogP contribution in [0.25, 0.3) is 0 Å². The molecule has 2 aromatic carbocycles. The van der Waals surface area contributed by atoms with Gasteiger partial charge in [0, 0.05) is 12.2 Å². The maximum absolute atomic E-state index is 5.55. The molecule has 0 saturated heterocycles. The van der Waals surface area contributed by atoms with E-state index >= 15 is 0 Å². The van der Waals surface area contributed by atoms with Crippen LogP contribution < -0.4 is 14.8 Å². The van der Waals surface area contributed by atoms with Crippen molar-refractivity contribution in [3.63, 3.8) is 0 Å². The van der Waals surface area contributed by atoms with Crippen molar-refractivity contribution in [2.75, 3.05) is 19.0 Å². The zero-order chi connectivity index (χ0) is 15.9. The molecule has 0 spiro atoms. The van der Waals surface area contributed by atoms with Gasteiger partial charge in [-0.2, -0.15) is 0 Å². The molecule has 0 unspecified atom stereocenters. The number of hydrogen-bond donors (Lipinski definition) is 1. The van der Waals surface area contributed by atoms with Crippen LogP contribution in [0.4, 0.5) is 5.69 Å². The average Bonchev–Trinajstić information content (AvgIpc) is 2.51. The summed E-state index contributed by atoms with van der Waals surface area (Å²) in [5.41, 5.74) is 3.45. The second-order valence-corrected chi connectivity index (χ2v) is 5.99. The molecule has 22 heavy (non-hydrogen) atoms. The number of ether oxygens (including phenoxy) is 2. The lowest BCUT2D eigenvalue weighted by molar-refractivity contribution is 0.328. The summed E-state index contributed by atoms with van der Waals surface area (Å²) in [5.74, 6) is 3.86. The van der Waals surface area contributed by atoms with Gasteiger partial charge in [0.05, 0.1) is 10.7 Å². The Balaban J connectivity index is 2.15. The lowest BCUT2D eigenvalue weighted by Gasteiger charge is -2.14. The first kappa shape index (κ1) is 16.5. The van der Waals surface area contributed by atoms with Gasteiger partial charge in [0.15, 0.2) is 11.5 Å². The highest BCUT2D eigenvalue weighted by Crippen LogP contribution is 2.34. The Morgan fingerprint density at radius 3 is 2.77 bits per heavy atom. The molecule has 2 rings (SSSR count). The number of aryl methyl sites for hydroxylation is 1. The summed E-state index contributed by atoms with van der Waals surface area (Å²) in [5, 5.41) is 3.41. The SMILES string of the molecule is C#CCOc1c(I)cc(CNc2cccc(C)c2)cc1OC. The Morgan fingerprint density at radius 2 is 2.09 bits per heavy atom. The lowest BCUT2D eigenvalue weighted by atomic mass is 10.2. The molecule has 0 aliphatic carbocycles. The van der Waals surface area contributed by atoms with Crippen LogP contribution in [0.5, 0.6) is 11.5 Å². The van der Waals surface area contributed by atoms with Crippen LogP contribution >= 0.6 is 22.6 Å². The van der Waals surface area contributed by atoms with Crippen molar-refractivity contribution >= 4 is 28.3 Å². The maximum Gasteiger partial charge on any atom is 0.175 e. The molecule has 1 N–H and O–H groups in total. The highest BCUT2D eigenvalue weighted by molar-refractivity contribution is 14.1. The molecule has 3 nitrogen and oxygen atoms in total. The second kappa shape index (κ2) is 7.95. The topological polar surface area (TPSA) is 30.5 Å². The molecule has 2 aromatic rings. The van der Waals surface area contributed by atoms with Crippen LogP contribution in [0, 0.1) is 22.8 Å². The molecule has 4 heteroatoms. The van der Waals surface area contributed by atoms with E-state index in [1.54, 1.807) is 7.11 Å². The number of hydrogen-bond acceptors (Lipinski definition) is 3. The Kier molecular flexibility index (Phi) is 5.96. The van der Waals surface area contributed by atoms with Crippen LogP contribution in [0.2, 0.25) is 0 Å². The molecule has 114 valence electrons. The minimum absolute atomic E-state index is 0.229. The average molecular weight is 407 g/mol. The van der Waals surface area contributed by atoms with E-state index in [1.807, 2.05) is 12.1 Å². The summed E-state index contributed by atoms with van der Waals surface area (Å²) in [7, 11) is 1.63. The first-order valence-corrected chi connectivity index (χ1v) is 7.95. The number of anilines is 1. The molecule has 0 fully saturated rings. The predicted octanol–water partition coefficient (Wildman–Crippen LogP) is 4.23. The Hall–Kier alpha value is -1.87. The fourth-order valence-corrected chi connectivity index (χ4v) is 2.91. The van der Waals surface area contributed by atoms with Crippen molar-refractivity contribution in [2.45, 2.75) is 13.5 Å². The van der Waals surface area contributed by atoms with Crippen molar-refractivity contribution in [1.82, 2.24) is 0 Å². The number of terminal acetylenes is 1. The van der Waals surface area contributed by atoms with Gasteiger partial charge in [0.1, 0.15) is 6.61 Å². The molecule has 0 saturated carbocycles. The lowest BCUT2D eigenvalue weighted by Crippen LogP contribution is -2.03. The summed E-state index contributed by atoms with van der Waals surface area (Å²) in [6, 6.07) is 12.3. The van der Waals surface area contributed by atoms with Gasteiger partial charge >= 0.3 is 0 Å². The van der Waals surface area contributed by atoms with E-state index in [9.17, 15) is 0 Å². The fourth-order valence-electron chi connectivity index (χ4n) is 2.09. The summed E-state index contributed by atoms with van der Waals surface area (Å²) in [6.45, 7) is 3.02. The van der Waals surface area contributed by atoms with E-state index in [-0.39, 0.29) is 6.61 Å². The predicted molar refractivity (Wildman–Crippen MR) is 98.5 cm³/mol. The van der Waals surface area contributed by atoms with Gasteiger partial charge in [0.2, 0.25) is 0 Å². The monoisotopic (exact) mass is 407 g/mol. The molecular weight excluding hydrogens is 389 g/mol. The molecule has 0 radical (unpaired) electrons. The molecule has 0 heterocycles. The van der Waals surface area contributed by atoms with E-state index in [4.69, 9.17) is 15.9 Å². The molecule has 0 aromatic heterocycles. The largest absolute Gasteiger partial charge is 0.493 e. The third-order valence-corrected chi connectivity index (χ3v) is 3.91. The Bertz CT molecular complexity index is 692. The van der Waals surface area contributed by atoms with E-state index in [2.05, 4.69) is 65.0 Å². The number of methoxy groups -OCH3 is 1. The van der Waals surface area contributed by atoms with Gasteiger partial charge in [-0.05, 0) is 64.9 Å². The summed E-state index contributed by atoms with van der Waals surface area (Å²) in [6.07, 6.45) is 5.24. The van der Waals surface area contributed by atoms with E-state index < -0.39 is 0 Å². The van der Waals surface area contributed by atoms with Crippen LogP contribution in [0.3, 0.4) is 0 Å². The standard InChI is InChI=1S/C18H18INO2/c1-4-8-22-18-16(19)10-14(11-17(18)21-3)12-20-15-7-5-6-13(2)9-15/h1,5-7,9-11,20H,8,12H2,2-3H3. The zero-order valence-corrected chi connectivity index (χ0v) is 14.8. The molecule has 0 amide bonds.